The Bertz CT molecular complexity index is 459. The van der Waals surface area contributed by atoms with Crippen LogP contribution in [0.25, 0.3) is 0 Å². The average molecular weight is 290 g/mol. The Hall–Kier alpha value is -0.970. The van der Waals surface area contributed by atoms with Crippen molar-refractivity contribution in [1.82, 2.24) is 0 Å². The van der Waals surface area contributed by atoms with E-state index >= 15 is 0 Å². The molecule has 4 nitrogen and oxygen atoms in total. The number of hydrogen-bond acceptors (Lipinski definition) is 4. The van der Waals surface area contributed by atoms with Gasteiger partial charge in [-0.15, -0.1) is 0 Å². The Morgan fingerprint density at radius 1 is 1.44 bits per heavy atom. The van der Waals surface area contributed by atoms with Crippen LogP contribution in [0.2, 0.25) is 10.0 Å². The third kappa shape index (κ3) is 2.88. The minimum Gasteiger partial charge on any atom is -0.459 e. The molecule has 0 bridgehead atoms. The monoisotopic (exact) mass is 289 g/mol. The SMILES string of the molecule is Nc1c(Cl)ccc(Cl)c1C(=O)OCC1CCCO1. The lowest BCUT2D eigenvalue weighted by Crippen LogP contribution is -2.19. The second kappa shape index (κ2) is 5.78. The van der Waals surface area contributed by atoms with E-state index in [2.05, 4.69) is 0 Å². The van der Waals surface area contributed by atoms with Gasteiger partial charge >= 0.3 is 5.97 Å². The van der Waals surface area contributed by atoms with Gasteiger partial charge in [-0.25, -0.2) is 4.79 Å². The van der Waals surface area contributed by atoms with Gasteiger partial charge < -0.3 is 15.2 Å². The van der Waals surface area contributed by atoms with Crippen LogP contribution in [-0.2, 0) is 9.47 Å². The highest BCUT2D eigenvalue weighted by Gasteiger charge is 2.21. The summed E-state index contributed by atoms with van der Waals surface area (Å²) >= 11 is 11.8. The van der Waals surface area contributed by atoms with E-state index in [1.807, 2.05) is 0 Å². The summed E-state index contributed by atoms with van der Waals surface area (Å²) in [5, 5.41) is 0.512. The molecule has 2 N–H and O–H groups in total. The minimum absolute atomic E-state index is 0.0341. The van der Waals surface area contributed by atoms with Crippen LogP contribution in [0.3, 0.4) is 0 Å². The van der Waals surface area contributed by atoms with Crippen LogP contribution in [0.5, 0.6) is 0 Å². The Morgan fingerprint density at radius 2 is 2.17 bits per heavy atom. The minimum atomic E-state index is -0.574. The van der Waals surface area contributed by atoms with Gasteiger partial charge in [0.2, 0.25) is 0 Å². The smallest absolute Gasteiger partial charge is 0.341 e. The maximum atomic E-state index is 11.9. The molecule has 2 rings (SSSR count). The third-order valence-corrected chi connectivity index (χ3v) is 3.41. The third-order valence-electron chi connectivity index (χ3n) is 2.77. The summed E-state index contributed by atoms with van der Waals surface area (Å²) in [5.41, 5.74) is 5.97. The lowest BCUT2D eigenvalue weighted by Gasteiger charge is -2.12. The number of ether oxygens (including phenoxy) is 2. The normalized spacial score (nSPS) is 18.9. The highest BCUT2D eigenvalue weighted by Crippen LogP contribution is 2.30. The fourth-order valence-corrected chi connectivity index (χ4v) is 2.19. The topological polar surface area (TPSA) is 61.6 Å². The van der Waals surface area contributed by atoms with Gasteiger partial charge in [0.15, 0.2) is 0 Å². The molecule has 1 aromatic carbocycles. The molecular weight excluding hydrogens is 277 g/mol. The molecule has 1 fully saturated rings. The van der Waals surface area contributed by atoms with Crippen molar-refractivity contribution < 1.29 is 14.3 Å². The first kappa shape index (κ1) is 13.5. The number of carbonyl (C=O) groups is 1. The Morgan fingerprint density at radius 3 is 2.83 bits per heavy atom. The molecule has 1 heterocycles. The van der Waals surface area contributed by atoms with Gasteiger partial charge in [0.25, 0.3) is 0 Å². The molecule has 0 radical (unpaired) electrons. The molecular formula is C12H13Cl2NO3. The van der Waals surface area contributed by atoms with Crippen molar-refractivity contribution in [2.24, 2.45) is 0 Å². The summed E-state index contributed by atoms with van der Waals surface area (Å²) in [6, 6.07) is 3.05. The average Bonchev–Trinajstić information content (AvgIpc) is 2.85. The lowest BCUT2D eigenvalue weighted by atomic mass is 10.2. The zero-order chi connectivity index (χ0) is 13.1. The summed E-state index contributed by atoms with van der Waals surface area (Å²) in [5.74, 6) is -0.574. The molecule has 0 spiro atoms. The molecule has 6 heteroatoms. The van der Waals surface area contributed by atoms with Crippen LogP contribution in [0.4, 0.5) is 5.69 Å². The van der Waals surface area contributed by atoms with Gasteiger partial charge in [-0.2, -0.15) is 0 Å². The molecule has 98 valence electrons. The first-order valence-electron chi connectivity index (χ1n) is 5.62. The van der Waals surface area contributed by atoms with Crippen molar-refractivity contribution in [2.75, 3.05) is 18.9 Å². The van der Waals surface area contributed by atoms with Gasteiger partial charge in [-0.05, 0) is 25.0 Å². The first-order valence-corrected chi connectivity index (χ1v) is 6.37. The molecule has 18 heavy (non-hydrogen) atoms. The van der Waals surface area contributed by atoms with Crippen LogP contribution in [0, 0.1) is 0 Å². The highest BCUT2D eigenvalue weighted by molar-refractivity contribution is 6.38. The summed E-state index contributed by atoms with van der Waals surface area (Å²) in [4.78, 5) is 11.9. The molecule has 0 amide bonds. The summed E-state index contributed by atoms with van der Waals surface area (Å²) < 4.78 is 10.5. The number of rotatable bonds is 3. The Kier molecular flexibility index (Phi) is 4.32. The van der Waals surface area contributed by atoms with E-state index in [1.165, 1.54) is 12.1 Å². The second-order valence-electron chi connectivity index (χ2n) is 4.05. The lowest BCUT2D eigenvalue weighted by molar-refractivity contribution is 0.0162. The van der Waals surface area contributed by atoms with Crippen LogP contribution < -0.4 is 5.73 Å². The predicted molar refractivity (Wildman–Crippen MR) is 70.1 cm³/mol. The number of halogens is 2. The fraction of sp³-hybridized carbons (Fsp3) is 0.417. The predicted octanol–water partition coefficient (Wildman–Crippen LogP) is 2.91. The van der Waals surface area contributed by atoms with E-state index in [4.69, 9.17) is 38.4 Å². The van der Waals surface area contributed by atoms with E-state index in [9.17, 15) is 4.79 Å². The largest absolute Gasteiger partial charge is 0.459 e. The highest BCUT2D eigenvalue weighted by atomic mass is 35.5. The standard InChI is InChI=1S/C12H13Cl2NO3/c13-8-3-4-9(14)11(15)10(8)12(16)18-6-7-2-1-5-17-7/h3-4,7H,1-2,5-6,15H2. The van der Waals surface area contributed by atoms with Gasteiger partial charge in [-0.3, -0.25) is 0 Å². The van der Waals surface area contributed by atoms with Crippen molar-refractivity contribution in [1.29, 1.82) is 0 Å². The number of anilines is 1. The van der Waals surface area contributed by atoms with Crippen molar-refractivity contribution in [3.05, 3.63) is 27.7 Å². The number of hydrogen-bond donors (Lipinski definition) is 1. The van der Waals surface area contributed by atoms with Crippen molar-refractivity contribution >= 4 is 34.9 Å². The summed E-state index contributed by atoms with van der Waals surface area (Å²) in [6.45, 7) is 0.920. The number of carbonyl (C=O) groups excluding carboxylic acids is 1. The summed E-state index contributed by atoms with van der Waals surface area (Å²) in [6.07, 6.45) is 1.85. The fourth-order valence-electron chi connectivity index (χ4n) is 1.79. The molecule has 0 aromatic heterocycles. The van der Waals surface area contributed by atoms with E-state index in [0.717, 1.165) is 12.8 Å². The van der Waals surface area contributed by atoms with Crippen LogP contribution in [-0.4, -0.2) is 25.3 Å². The molecule has 1 saturated heterocycles. The van der Waals surface area contributed by atoms with E-state index < -0.39 is 5.97 Å². The van der Waals surface area contributed by atoms with E-state index in [-0.39, 0.29) is 34.0 Å². The number of nitrogens with two attached hydrogens (primary N) is 1. The van der Waals surface area contributed by atoms with Gasteiger partial charge in [0, 0.05) is 6.61 Å². The van der Waals surface area contributed by atoms with Crippen LogP contribution in [0.1, 0.15) is 23.2 Å². The molecule has 1 atom stereocenters. The van der Waals surface area contributed by atoms with Crippen molar-refractivity contribution in [3.8, 4) is 0 Å². The van der Waals surface area contributed by atoms with E-state index in [1.54, 1.807) is 0 Å². The summed E-state index contributed by atoms with van der Waals surface area (Å²) in [7, 11) is 0. The number of benzene rings is 1. The van der Waals surface area contributed by atoms with Crippen LogP contribution in [0.15, 0.2) is 12.1 Å². The molecule has 1 aromatic rings. The first-order chi connectivity index (χ1) is 8.59. The zero-order valence-corrected chi connectivity index (χ0v) is 11.1. The Balaban J connectivity index is 2.06. The molecule has 1 aliphatic heterocycles. The zero-order valence-electron chi connectivity index (χ0n) is 9.62. The Labute approximate surface area is 115 Å². The van der Waals surface area contributed by atoms with Gasteiger partial charge in [0.1, 0.15) is 12.2 Å². The van der Waals surface area contributed by atoms with E-state index in [0.29, 0.717) is 6.61 Å². The number of esters is 1. The molecule has 1 unspecified atom stereocenters. The number of nitrogen functional groups attached to an aromatic ring is 1. The van der Waals surface area contributed by atoms with Crippen molar-refractivity contribution in [3.63, 3.8) is 0 Å². The van der Waals surface area contributed by atoms with Gasteiger partial charge in [0.05, 0.1) is 21.8 Å². The molecule has 0 aliphatic carbocycles. The molecule has 0 saturated carbocycles. The quantitative estimate of drug-likeness (QED) is 0.686. The van der Waals surface area contributed by atoms with Gasteiger partial charge in [-0.1, -0.05) is 23.2 Å². The van der Waals surface area contributed by atoms with Crippen LogP contribution >= 0.6 is 23.2 Å². The molecule has 1 aliphatic rings. The van der Waals surface area contributed by atoms with Crippen molar-refractivity contribution in [2.45, 2.75) is 18.9 Å². The second-order valence-corrected chi connectivity index (χ2v) is 4.87. The maximum Gasteiger partial charge on any atom is 0.341 e. The maximum absolute atomic E-state index is 11.9.